The molecule has 0 aliphatic carbocycles. The summed E-state index contributed by atoms with van der Waals surface area (Å²) in [7, 11) is 0. The van der Waals surface area contributed by atoms with Crippen molar-refractivity contribution in [3.63, 3.8) is 0 Å². The first-order valence-electron chi connectivity index (χ1n) is 9.87. The van der Waals surface area contributed by atoms with Crippen molar-refractivity contribution in [1.82, 2.24) is 0 Å². The van der Waals surface area contributed by atoms with Crippen molar-refractivity contribution in [1.29, 1.82) is 0 Å². The number of benzene rings is 2. The van der Waals surface area contributed by atoms with E-state index in [1.807, 2.05) is 6.92 Å². The summed E-state index contributed by atoms with van der Waals surface area (Å²) in [5, 5.41) is 12.0. The highest BCUT2D eigenvalue weighted by Crippen LogP contribution is 2.39. The molecule has 0 atom stereocenters. The smallest absolute Gasteiger partial charge is 0.342 e. The van der Waals surface area contributed by atoms with E-state index < -0.39 is 16.7 Å². The molecule has 0 aliphatic heterocycles. The van der Waals surface area contributed by atoms with Crippen LogP contribution in [0.2, 0.25) is 0 Å². The number of carbonyl (C=O) groups excluding carboxylic acids is 1. The zero-order valence-electron chi connectivity index (χ0n) is 17.3. The summed E-state index contributed by atoms with van der Waals surface area (Å²) in [6.07, 6.45) is 1.66. The number of nitro groups is 1. The highest BCUT2D eigenvalue weighted by atomic mass is 19.1. The predicted molar refractivity (Wildman–Crippen MR) is 114 cm³/mol. The highest BCUT2D eigenvalue weighted by molar-refractivity contribution is 6.10. The topological polar surface area (TPSA) is 91.8 Å². The Bertz CT molecular complexity index is 1130. The Labute approximate surface area is 178 Å². The first-order valence-corrected chi connectivity index (χ1v) is 9.87. The van der Waals surface area contributed by atoms with Gasteiger partial charge in [0.15, 0.2) is 0 Å². The second kappa shape index (κ2) is 9.42. The molecule has 3 aromatic rings. The molecule has 3 rings (SSSR count). The third-order valence-electron chi connectivity index (χ3n) is 4.66. The van der Waals surface area contributed by atoms with Crippen molar-refractivity contribution in [2.75, 3.05) is 13.2 Å². The number of hydrogen-bond acceptors (Lipinski definition) is 6. The number of halogens is 1. The number of carbonyl (C=O) groups is 1. The van der Waals surface area contributed by atoms with E-state index >= 15 is 0 Å². The monoisotopic (exact) mass is 427 g/mol. The van der Waals surface area contributed by atoms with Crippen LogP contribution in [-0.2, 0) is 9.47 Å². The van der Waals surface area contributed by atoms with Crippen molar-refractivity contribution in [2.45, 2.75) is 26.7 Å². The Hall–Kier alpha value is -3.68. The van der Waals surface area contributed by atoms with Crippen LogP contribution < -0.4 is 0 Å². The summed E-state index contributed by atoms with van der Waals surface area (Å²) in [5.41, 5.74) is 0.539. The van der Waals surface area contributed by atoms with Gasteiger partial charge in [0.25, 0.3) is 5.69 Å². The first-order chi connectivity index (χ1) is 14.9. The SMILES string of the molecule is C=C(OCCCC)c1cc2c(C(=O)OCC)c(-c3ccc(F)cc3)oc2cc1[N+](=O)[O-]. The van der Waals surface area contributed by atoms with Gasteiger partial charge in [0, 0.05) is 10.9 Å². The Morgan fingerprint density at radius 3 is 2.52 bits per heavy atom. The molecule has 0 saturated heterocycles. The summed E-state index contributed by atoms with van der Waals surface area (Å²) in [6.45, 7) is 7.96. The number of ether oxygens (including phenoxy) is 2. The van der Waals surface area contributed by atoms with E-state index in [4.69, 9.17) is 13.9 Å². The van der Waals surface area contributed by atoms with Gasteiger partial charge in [-0.05, 0) is 43.7 Å². The molecule has 7 nitrogen and oxygen atoms in total. The van der Waals surface area contributed by atoms with Crippen molar-refractivity contribution in [2.24, 2.45) is 0 Å². The van der Waals surface area contributed by atoms with Crippen LogP contribution in [0.4, 0.5) is 10.1 Å². The lowest BCUT2D eigenvalue weighted by atomic mass is 10.0. The molecule has 0 spiro atoms. The number of fused-ring (bicyclic) bond motifs is 1. The third kappa shape index (κ3) is 4.58. The molecular formula is C23H22FNO6. The molecule has 0 bridgehead atoms. The number of rotatable bonds is 9. The lowest BCUT2D eigenvalue weighted by Gasteiger charge is -2.09. The first kappa shape index (κ1) is 22.0. The number of nitro benzene ring substituents is 1. The number of nitrogens with zero attached hydrogens (tertiary/aromatic N) is 1. The lowest BCUT2D eigenvalue weighted by Crippen LogP contribution is -2.06. The molecule has 0 aliphatic rings. The minimum atomic E-state index is -0.655. The minimum absolute atomic E-state index is 0.0981. The van der Waals surface area contributed by atoms with Gasteiger partial charge in [-0.1, -0.05) is 19.9 Å². The molecule has 1 aromatic heterocycles. The quantitative estimate of drug-likeness (QED) is 0.134. The van der Waals surface area contributed by atoms with Crippen molar-refractivity contribution >= 4 is 28.4 Å². The zero-order valence-corrected chi connectivity index (χ0v) is 17.3. The summed E-state index contributed by atoms with van der Waals surface area (Å²) >= 11 is 0. The van der Waals surface area contributed by atoms with Gasteiger partial charge in [0.1, 0.15) is 28.5 Å². The molecule has 8 heteroatoms. The second-order valence-corrected chi connectivity index (χ2v) is 6.78. The molecule has 0 saturated carbocycles. The second-order valence-electron chi connectivity index (χ2n) is 6.78. The number of hydrogen-bond donors (Lipinski definition) is 0. The normalized spacial score (nSPS) is 10.8. The number of esters is 1. The number of furan rings is 1. The van der Waals surface area contributed by atoms with Gasteiger partial charge in [0.05, 0.1) is 29.8 Å². The summed E-state index contributed by atoms with van der Waals surface area (Å²) in [6, 6.07) is 8.05. The molecule has 0 unspecified atom stereocenters. The molecule has 1 heterocycles. The van der Waals surface area contributed by atoms with Crippen LogP contribution in [0.1, 0.15) is 42.6 Å². The van der Waals surface area contributed by atoms with E-state index in [9.17, 15) is 19.3 Å². The van der Waals surface area contributed by atoms with Crippen LogP contribution in [0, 0.1) is 15.9 Å². The highest BCUT2D eigenvalue weighted by Gasteiger charge is 2.28. The Morgan fingerprint density at radius 1 is 1.19 bits per heavy atom. The van der Waals surface area contributed by atoms with E-state index in [1.165, 1.54) is 36.4 Å². The molecule has 162 valence electrons. The molecule has 2 aromatic carbocycles. The molecule has 31 heavy (non-hydrogen) atoms. The van der Waals surface area contributed by atoms with Crippen LogP contribution in [0.25, 0.3) is 28.1 Å². The molecule has 0 amide bonds. The summed E-state index contributed by atoms with van der Waals surface area (Å²) < 4.78 is 29.9. The van der Waals surface area contributed by atoms with E-state index in [1.54, 1.807) is 6.92 Å². The fourth-order valence-corrected chi connectivity index (χ4v) is 3.13. The minimum Gasteiger partial charge on any atom is -0.493 e. The fourth-order valence-electron chi connectivity index (χ4n) is 3.13. The average molecular weight is 427 g/mol. The van der Waals surface area contributed by atoms with Crippen molar-refractivity contribution < 1.29 is 28.0 Å². The maximum atomic E-state index is 13.4. The number of unbranched alkanes of at least 4 members (excludes halogenated alkanes) is 1. The third-order valence-corrected chi connectivity index (χ3v) is 4.66. The molecular weight excluding hydrogens is 405 g/mol. The average Bonchev–Trinajstić information content (AvgIpc) is 3.12. The van der Waals surface area contributed by atoms with Gasteiger partial charge in [-0.25, -0.2) is 9.18 Å². The maximum absolute atomic E-state index is 13.4. The van der Waals surface area contributed by atoms with Crippen LogP contribution in [0.3, 0.4) is 0 Å². The van der Waals surface area contributed by atoms with E-state index in [-0.39, 0.29) is 40.5 Å². The Balaban J connectivity index is 2.23. The van der Waals surface area contributed by atoms with Crippen LogP contribution in [0.15, 0.2) is 47.4 Å². The fraction of sp³-hybridized carbons (Fsp3) is 0.261. The van der Waals surface area contributed by atoms with Crippen LogP contribution in [0.5, 0.6) is 0 Å². The van der Waals surface area contributed by atoms with Gasteiger partial charge in [-0.2, -0.15) is 0 Å². The maximum Gasteiger partial charge on any atom is 0.342 e. The van der Waals surface area contributed by atoms with Gasteiger partial charge in [-0.15, -0.1) is 0 Å². The van der Waals surface area contributed by atoms with Gasteiger partial charge in [-0.3, -0.25) is 10.1 Å². The van der Waals surface area contributed by atoms with Crippen molar-refractivity contribution in [3.05, 3.63) is 70.0 Å². The summed E-state index contributed by atoms with van der Waals surface area (Å²) in [4.78, 5) is 23.9. The Kier molecular flexibility index (Phi) is 6.69. The van der Waals surface area contributed by atoms with Crippen LogP contribution in [-0.4, -0.2) is 24.1 Å². The van der Waals surface area contributed by atoms with E-state index in [2.05, 4.69) is 6.58 Å². The van der Waals surface area contributed by atoms with Gasteiger partial charge in [0.2, 0.25) is 0 Å². The van der Waals surface area contributed by atoms with Gasteiger partial charge < -0.3 is 13.9 Å². The van der Waals surface area contributed by atoms with E-state index in [0.29, 0.717) is 17.6 Å². The summed E-state index contributed by atoms with van der Waals surface area (Å²) in [5.74, 6) is -0.840. The standard InChI is InChI=1S/C23H22FNO6/c1-4-6-11-30-14(3)17-12-18-20(13-19(17)25(27)28)31-22(21(18)23(26)29-5-2)15-7-9-16(24)10-8-15/h7-10,12-13H,3-6,11H2,1-2H3. The lowest BCUT2D eigenvalue weighted by molar-refractivity contribution is -0.385. The predicted octanol–water partition coefficient (Wildman–Crippen LogP) is 6.11. The molecule has 0 N–H and O–H groups in total. The zero-order chi connectivity index (χ0) is 22.5. The van der Waals surface area contributed by atoms with Crippen molar-refractivity contribution in [3.8, 4) is 11.3 Å². The van der Waals surface area contributed by atoms with E-state index in [0.717, 1.165) is 12.8 Å². The Morgan fingerprint density at radius 2 is 1.90 bits per heavy atom. The molecule has 0 radical (unpaired) electrons. The largest absolute Gasteiger partial charge is 0.493 e. The molecule has 0 fully saturated rings. The van der Waals surface area contributed by atoms with Crippen LogP contribution >= 0.6 is 0 Å². The van der Waals surface area contributed by atoms with Gasteiger partial charge >= 0.3 is 5.97 Å².